The first-order chi connectivity index (χ1) is 10.2. The third-order valence-corrected chi connectivity index (χ3v) is 3.83. The van der Waals surface area contributed by atoms with Gasteiger partial charge in [0.25, 0.3) is 0 Å². The normalized spacial score (nSPS) is 13.0. The second-order valence-corrected chi connectivity index (χ2v) is 6.17. The fourth-order valence-electron chi connectivity index (χ4n) is 1.70. The molecule has 0 saturated carbocycles. The number of nitrogens with one attached hydrogen (secondary N) is 2. The zero-order chi connectivity index (χ0) is 15.5. The molecular weight excluding hydrogens is 306 g/mol. The Morgan fingerprint density at radius 3 is 2.71 bits per heavy atom. The number of hydrogen-bond acceptors (Lipinski definition) is 3. The largest absolute Gasteiger partial charge is 0.383 e. The average Bonchev–Trinajstić information content (AvgIpc) is 2.46. The lowest BCUT2D eigenvalue weighted by Gasteiger charge is -2.16. The number of rotatable bonds is 8. The summed E-state index contributed by atoms with van der Waals surface area (Å²) in [5.74, 6) is 1.76. The lowest BCUT2D eigenvalue weighted by Crippen LogP contribution is -2.44. The minimum atomic E-state index is 0.233. The molecule has 2 N–H and O–H groups in total. The van der Waals surface area contributed by atoms with E-state index in [9.17, 15) is 0 Å². The van der Waals surface area contributed by atoms with Gasteiger partial charge in [-0.2, -0.15) is 0 Å². The fraction of sp³-hybridized carbons (Fsp3) is 0.533. The summed E-state index contributed by atoms with van der Waals surface area (Å²) in [5, 5.41) is 7.31. The molecule has 0 spiro atoms. The highest BCUT2D eigenvalue weighted by Crippen LogP contribution is 2.19. The highest BCUT2D eigenvalue weighted by Gasteiger charge is 2.03. The molecule has 0 radical (unpaired) electrons. The van der Waals surface area contributed by atoms with Gasteiger partial charge < -0.3 is 15.4 Å². The maximum Gasteiger partial charge on any atom is 0.191 e. The van der Waals surface area contributed by atoms with E-state index in [-0.39, 0.29) is 6.04 Å². The number of ether oxygens (including phenoxy) is 1. The van der Waals surface area contributed by atoms with E-state index in [1.165, 1.54) is 4.90 Å². The smallest absolute Gasteiger partial charge is 0.191 e. The third-order valence-electron chi connectivity index (χ3n) is 2.59. The molecule has 21 heavy (non-hydrogen) atoms. The van der Waals surface area contributed by atoms with Gasteiger partial charge in [-0.15, -0.1) is 11.8 Å². The number of hydrogen-bond donors (Lipinski definition) is 2. The van der Waals surface area contributed by atoms with E-state index in [0.717, 1.165) is 29.8 Å². The van der Waals surface area contributed by atoms with Gasteiger partial charge in [0.05, 0.1) is 13.2 Å². The number of guanidine groups is 1. The SMILES string of the molecule is CCNC(=NCCSc1ccc(Cl)cc1)NC(C)COC. The van der Waals surface area contributed by atoms with Crippen LogP contribution in [0.4, 0.5) is 0 Å². The van der Waals surface area contributed by atoms with Crippen molar-refractivity contribution in [2.75, 3.05) is 32.6 Å². The molecular formula is C15H24ClN3OS. The Morgan fingerprint density at radius 1 is 1.38 bits per heavy atom. The summed E-state index contributed by atoms with van der Waals surface area (Å²) in [7, 11) is 1.70. The average molecular weight is 330 g/mol. The number of aliphatic imine (C=N–C) groups is 1. The summed E-state index contributed by atoms with van der Waals surface area (Å²) >= 11 is 7.64. The van der Waals surface area contributed by atoms with E-state index in [1.807, 2.05) is 24.3 Å². The summed E-state index contributed by atoms with van der Waals surface area (Å²) in [5.41, 5.74) is 0. The molecule has 4 nitrogen and oxygen atoms in total. The zero-order valence-electron chi connectivity index (χ0n) is 12.9. The highest BCUT2D eigenvalue weighted by atomic mass is 35.5. The molecule has 0 aromatic heterocycles. The number of thioether (sulfide) groups is 1. The molecule has 0 saturated heterocycles. The number of nitrogens with zero attached hydrogens (tertiary/aromatic N) is 1. The number of benzene rings is 1. The second-order valence-electron chi connectivity index (χ2n) is 4.56. The lowest BCUT2D eigenvalue weighted by molar-refractivity contribution is 0.179. The Hall–Kier alpha value is -0.910. The molecule has 1 aromatic carbocycles. The molecule has 0 bridgehead atoms. The Labute approximate surface area is 136 Å². The summed E-state index contributed by atoms with van der Waals surface area (Å²) in [6.45, 7) is 6.38. The van der Waals surface area contributed by atoms with Crippen molar-refractivity contribution in [1.29, 1.82) is 0 Å². The quantitative estimate of drug-likeness (QED) is 0.333. The minimum absolute atomic E-state index is 0.233. The van der Waals surface area contributed by atoms with Crippen LogP contribution in [0.2, 0.25) is 5.02 Å². The Bertz CT molecular complexity index is 425. The maximum atomic E-state index is 5.87. The Balaban J connectivity index is 2.37. The Morgan fingerprint density at radius 2 is 2.10 bits per heavy atom. The van der Waals surface area contributed by atoms with Crippen LogP contribution in [-0.2, 0) is 4.74 Å². The van der Waals surface area contributed by atoms with E-state index in [2.05, 4.69) is 29.5 Å². The number of halogens is 1. The summed E-state index contributed by atoms with van der Waals surface area (Å²) in [4.78, 5) is 5.77. The van der Waals surface area contributed by atoms with Gasteiger partial charge in [0.15, 0.2) is 5.96 Å². The zero-order valence-corrected chi connectivity index (χ0v) is 14.4. The fourth-order valence-corrected chi connectivity index (χ4v) is 2.57. The van der Waals surface area contributed by atoms with Crippen molar-refractivity contribution >= 4 is 29.3 Å². The van der Waals surface area contributed by atoms with Gasteiger partial charge in [0.1, 0.15) is 0 Å². The Kier molecular flexibility index (Phi) is 9.30. The van der Waals surface area contributed by atoms with Gasteiger partial charge in [-0.3, -0.25) is 4.99 Å². The van der Waals surface area contributed by atoms with Crippen molar-refractivity contribution in [1.82, 2.24) is 10.6 Å². The first-order valence-electron chi connectivity index (χ1n) is 7.07. The van der Waals surface area contributed by atoms with E-state index in [4.69, 9.17) is 16.3 Å². The van der Waals surface area contributed by atoms with Crippen molar-refractivity contribution in [2.24, 2.45) is 4.99 Å². The van der Waals surface area contributed by atoms with Gasteiger partial charge in [0, 0.05) is 35.4 Å². The molecule has 118 valence electrons. The molecule has 1 unspecified atom stereocenters. The molecule has 1 aromatic rings. The van der Waals surface area contributed by atoms with Crippen molar-refractivity contribution in [3.05, 3.63) is 29.3 Å². The van der Waals surface area contributed by atoms with Crippen LogP contribution >= 0.6 is 23.4 Å². The number of methoxy groups -OCH3 is 1. The predicted molar refractivity (Wildman–Crippen MR) is 92.6 cm³/mol. The second kappa shape index (κ2) is 10.8. The van der Waals surface area contributed by atoms with Crippen molar-refractivity contribution in [3.63, 3.8) is 0 Å². The van der Waals surface area contributed by atoms with Crippen LogP contribution in [0.15, 0.2) is 34.2 Å². The van der Waals surface area contributed by atoms with Crippen molar-refractivity contribution < 1.29 is 4.74 Å². The molecule has 6 heteroatoms. The van der Waals surface area contributed by atoms with Crippen LogP contribution in [0.25, 0.3) is 0 Å². The van der Waals surface area contributed by atoms with E-state index in [0.29, 0.717) is 6.61 Å². The summed E-state index contributed by atoms with van der Waals surface area (Å²) in [6.07, 6.45) is 0. The monoisotopic (exact) mass is 329 g/mol. The van der Waals surface area contributed by atoms with Gasteiger partial charge in [0.2, 0.25) is 0 Å². The molecule has 1 rings (SSSR count). The molecule has 0 aliphatic heterocycles. The van der Waals surface area contributed by atoms with Crippen molar-refractivity contribution in [2.45, 2.75) is 24.8 Å². The van der Waals surface area contributed by atoms with Crippen LogP contribution < -0.4 is 10.6 Å². The van der Waals surface area contributed by atoms with Crippen molar-refractivity contribution in [3.8, 4) is 0 Å². The molecule has 0 aliphatic carbocycles. The maximum absolute atomic E-state index is 5.87. The van der Waals surface area contributed by atoms with E-state index >= 15 is 0 Å². The topological polar surface area (TPSA) is 45.7 Å². The molecule has 0 heterocycles. The van der Waals surface area contributed by atoms with Gasteiger partial charge in [-0.05, 0) is 38.1 Å². The molecule has 0 aliphatic rings. The first kappa shape index (κ1) is 18.1. The van der Waals surface area contributed by atoms with Crippen LogP contribution in [0, 0.1) is 0 Å². The van der Waals surface area contributed by atoms with Gasteiger partial charge in [-0.1, -0.05) is 11.6 Å². The van der Waals surface area contributed by atoms with Crippen LogP contribution in [-0.4, -0.2) is 44.6 Å². The lowest BCUT2D eigenvalue weighted by atomic mass is 10.4. The molecule has 1 atom stereocenters. The van der Waals surface area contributed by atoms with E-state index < -0.39 is 0 Å². The minimum Gasteiger partial charge on any atom is -0.383 e. The standard InChI is InChI=1S/C15H24ClN3OS/c1-4-17-15(19-12(2)11-20-3)18-9-10-21-14-7-5-13(16)6-8-14/h5-8,12H,4,9-11H2,1-3H3,(H2,17,18,19). The van der Waals surface area contributed by atoms with Gasteiger partial charge in [-0.25, -0.2) is 0 Å². The van der Waals surface area contributed by atoms with Crippen LogP contribution in [0.3, 0.4) is 0 Å². The molecule has 0 fully saturated rings. The molecule has 0 amide bonds. The third kappa shape index (κ3) is 8.19. The highest BCUT2D eigenvalue weighted by molar-refractivity contribution is 7.99. The van der Waals surface area contributed by atoms with Gasteiger partial charge >= 0.3 is 0 Å². The van der Waals surface area contributed by atoms with E-state index in [1.54, 1.807) is 18.9 Å². The van der Waals surface area contributed by atoms with Crippen LogP contribution in [0.5, 0.6) is 0 Å². The first-order valence-corrected chi connectivity index (χ1v) is 8.44. The summed E-state index contributed by atoms with van der Waals surface area (Å²) in [6, 6.07) is 8.11. The summed E-state index contributed by atoms with van der Waals surface area (Å²) < 4.78 is 5.12. The predicted octanol–water partition coefficient (Wildman–Crippen LogP) is 3.02. The van der Waals surface area contributed by atoms with Crippen LogP contribution in [0.1, 0.15) is 13.8 Å².